The van der Waals surface area contributed by atoms with E-state index in [4.69, 9.17) is 5.11 Å². The molecule has 0 aliphatic rings. The Morgan fingerprint density at radius 3 is 1.60 bits per heavy atom. The van der Waals surface area contributed by atoms with Crippen molar-refractivity contribution < 1.29 is 5.11 Å². The zero-order valence-corrected chi connectivity index (χ0v) is 2.15. The van der Waals surface area contributed by atoms with Gasteiger partial charge < -0.3 is 5.11 Å². The standard InChI is InChI=1S/C2H6O.K.Na.2H/c1-2-3;;;;/h3H,2H2,1H3;;;;. The van der Waals surface area contributed by atoms with Crippen LogP contribution in [0.5, 0.6) is 0 Å². The van der Waals surface area contributed by atoms with Crippen molar-refractivity contribution in [3.05, 3.63) is 0 Å². The number of aliphatic hydroxyl groups is 1. The van der Waals surface area contributed by atoms with Gasteiger partial charge in [-0.05, 0) is 6.92 Å². The molecule has 0 aromatic rings. The average Bonchev–Trinajstić information content (AvgIpc) is 0.918. The molecule has 0 spiro atoms. The van der Waals surface area contributed by atoms with Gasteiger partial charge in [0.1, 0.15) is 0 Å². The van der Waals surface area contributed by atoms with Gasteiger partial charge in [0.05, 0.1) is 0 Å². The van der Waals surface area contributed by atoms with Crippen molar-refractivity contribution in [2.24, 2.45) is 0 Å². The van der Waals surface area contributed by atoms with Crippen LogP contribution in [0.2, 0.25) is 0 Å². The molecule has 24 valence electrons. The average molecular weight is 110 g/mol. The van der Waals surface area contributed by atoms with Gasteiger partial charge in [0.2, 0.25) is 0 Å². The Morgan fingerprint density at radius 1 is 1.60 bits per heavy atom. The third kappa shape index (κ3) is 20.7. The molecule has 0 fully saturated rings. The first-order valence-electron chi connectivity index (χ1n) is 1.02. The molecule has 0 unspecified atom stereocenters. The SMILES string of the molecule is CCO.[KH].[NaH]. The van der Waals surface area contributed by atoms with Gasteiger partial charge in [-0.25, -0.2) is 0 Å². The minimum absolute atomic E-state index is 0. The van der Waals surface area contributed by atoms with Crippen molar-refractivity contribution >= 4 is 80.9 Å². The fourth-order valence-corrected chi connectivity index (χ4v) is 0. The monoisotopic (exact) mass is 110 g/mol. The molecule has 0 saturated heterocycles. The first-order valence-corrected chi connectivity index (χ1v) is 1.02. The molecule has 3 heteroatoms. The van der Waals surface area contributed by atoms with E-state index in [2.05, 4.69) is 0 Å². The molecule has 0 aromatic heterocycles. The van der Waals surface area contributed by atoms with E-state index < -0.39 is 0 Å². The van der Waals surface area contributed by atoms with Gasteiger partial charge in [0.15, 0.2) is 0 Å². The molecule has 0 aromatic carbocycles. The Balaban J connectivity index is -0.0000000200. The van der Waals surface area contributed by atoms with Gasteiger partial charge in [-0.15, -0.1) is 0 Å². The van der Waals surface area contributed by atoms with Crippen LogP contribution >= 0.6 is 0 Å². The zero-order chi connectivity index (χ0) is 2.71. The van der Waals surface area contributed by atoms with Crippen LogP contribution in [-0.2, 0) is 0 Å². The van der Waals surface area contributed by atoms with E-state index in [0.717, 1.165) is 0 Å². The second kappa shape index (κ2) is 16.0. The quantitative estimate of drug-likeness (QED) is 0.384. The summed E-state index contributed by atoms with van der Waals surface area (Å²) < 4.78 is 0. The first kappa shape index (κ1) is 15.6. The van der Waals surface area contributed by atoms with Gasteiger partial charge in [-0.2, -0.15) is 0 Å². The molecule has 0 rings (SSSR count). The fraction of sp³-hybridized carbons (Fsp3) is 1.00. The molecule has 0 radical (unpaired) electrons. The molecule has 0 bridgehead atoms. The van der Waals surface area contributed by atoms with Crippen molar-refractivity contribution in [3.63, 3.8) is 0 Å². The predicted octanol–water partition coefficient (Wildman–Crippen LogP) is -1.30. The Morgan fingerprint density at radius 2 is 1.60 bits per heavy atom. The summed E-state index contributed by atoms with van der Waals surface area (Å²) in [6, 6.07) is 0. The molecule has 5 heavy (non-hydrogen) atoms. The molecular formula is C2H8KNaO. The molecule has 0 aliphatic heterocycles. The van der Waals surface area contributed by atoms with E-state index in [9.17, 15) is 0 Å². The summed E-state index contributed by atoms with van der Waals surface area (Å²) in [6.45, 7) is 1.93. The van der Waals surface area contributed by atoms with E-state index >= 15 is 0 Å². The second-order valence-corrected chi connectivity index (χ2v) is 0.316. The summed E-state index contributed by atoms with van der Waals surface area (Å²) in [6.07, 6.45) is 0. The Labute approximate surface area is 97.2 Å². The van der Waals surface area contributed by atoms with Crippen molar-refractivity contribution in [1.29, 1.82) is 0 Å². The second-order valence-electron chi connectivity index (χ2n) is 0.316. The minimum atomic E-state index is 0. The maximum atomic E-state index is 7.57. The molecule has 0 aliphatic carbocycles. The molecule has 0 amide bonds. The van der Waals surface area contributed by atoms with E-state index in [1.807, 2.05) is 0 Å². The predicted molar refractivity (Wildman–Crippen MR) is 27.1 cm³/mol. The summed E-state index contributed by atoms with van der Waals surface area (Å²) in [7, 11) is 0. The first-order chi connectivity index (χ1) is 1.41. The van der Waals surface area contributed by atoms with Gasteiger partial charge in [-0.3, -0.25) is 0 Å². The van der Waals surface area contributed by atoms with Gasteiger partial charge in [-0.1, -0.05) is 0 Å². The number of rotatable bonds is 0. The van der Waals surface area contributed by atoms with Crippen molar-refractivity contribution in [1.82, 2.24) is 0 Å². The van der Waals surface area contributed by atoms with Crippen LogP contribution < -0.4 is 0 Å². The van der Waals surface area contributed by atoms with Crippen LogP contribution in [0.1, 0.15) is 6.92 Å². The summed E-state index contributed by atoms with van der Waals surface area (Å²) in [5.74, 6) is 0. The summed E-state index contributed by atoms with van der Waals surface area (Å²) in [4.78, 5) is 0. The fourth-order valence-electron chi connectivity index (χ4n) is 0. The third-order valence-corrected chi connectivity index (χ3v) is 0. The zero-order valence-electron chi connectivity index (χ0n) is 2.15. The van der Waals surface area contributed by atoms with E-state index in [1.54, 1.807) is 6.92 Å². The molecule has 0 saturated carbocycles. The molecular weight excluding hydrogens is 102 g/mol. The van der Waals surface area contributed by atoms with E-state index in [1.165, 1.54) is 0 Å². The topological polar surface area (TPSA) is 20.2 Å². The summed E-state index contributed by atoms with van der Waals surface area (Å²) in [5, 5.41) is 7.57. The molecule has 0 heterocycles. The van der Waals surface area contributed by atoms with Gasteiger partial charge in [0, 0.05) is 6.61 Å². The summed E-state index contributed by atoms with van der Waals surface area (Å²) >= 11 is 0. The van der Waals surface area contributed by atoms with Gasteiger partial charge in [0.25, 0.3) is 0 Å². The van der Waals surface area contributed by atoms with E-state index in [0.29, 0.717) is 0 Å². The van der Waals surface area contributed by atoms with Crippen LogP contribution in [0, 0.1) is 0 Å². The van der Waals surface area contributed by atoms with Crippen LogP contribution in [0.15, 0.2) is 0 Å². The summed E-state index contributed by atoms with van der Waals surface area (Å²) in [5.41, 5.74) is 0. The Bertz CT molecular complexity index is 9.61. The number of hydrogen-bond donors (Lipinski definition) is 1. The van der Waals surface area contributed by atoms with Crippen molar-refractivity contribution in [3.8, 4) is 0 Å². The van der Waals surface area contributed by atoms with Crippen molar-refractivity contribution in [2.75, 3.05) is 6.61 Å². The van der Waals surface area contributed by atoms with Crippen LogP contribution in [0.3, 0.4) is 0 Å². The third-order valence-electron chi connectivity index (χ3n) is 0. The Kier molecular flexibility index (Phi) is 50.0. The van der Waals surface area contributed by atoms with E-state index in [-0.39, 0.29) is 87.5 Å². The van der Waals surface area contributed by atoms with Crippen LogP contribution in [0.25, 0.3) is 0 Å². The van der Waals surface area contributed by atoms with Gasteiger partial charge >= 0.3 is 80.9 Å². The van der Waals surface area contributed by atoms with Crippen molar-refractivity contribution in [2.45, 2.75) is 6.92 Å². The molecule has 1 N–H and O–H groups in total. The van der Waals surface area contributed by atoms with Crippen LogP contribution in [0.4, 0.5) is 0 Å². The number of hydrogen-bond acceptors (Lipinski definition) is 1. The molecule has 1 nitrogen and oxygen atoms in total. The normalized spacial score (nSPS) is 3.60. The molecule has 0 atom stereocenters. The number of aliphatic hydroxyl groups excluding tert-OH is 1. The maximum absolute atomic E-state index is 7.57. The Hall–Kier alpha value is 2.60. The van der Waals surface area contributed by atoms with Crippen LogP contribution in [-0.4, -0.2) is 92.7 Å².